The van der Waals surface area contributed by atoms with E-state index >= 15 is 0 Å². The van der Waals surface area contributed by atoms with Gasteiger partial charge in [-0.05, 0) is 36.8 Å². The number of fused-ring (bicyclic) bond motifs is 1. The maximum atomic E-state index is 12.4. The summed E-state index contributed by atoms with van der Waals surface area (Å²) in [5.41, 5.74) is 4.63. The van der Waals surface area contributed by atoms with Gasteiger partial charge in [-0.25, -0.2) is 4.68 Å². The molecule has 2 aromatic carbocycles. The Morgan fingerprint density at radius 3 is 2.73 bits per heavy atom. The average Bonchev–Trinajstić information content (AvgIpc) is 3.49. The fourth-order valence-electron chi connectivity index (χ4n) is 3.71. The molecule has 5 rings (SSSR count). The van der Waals surface area contributed by atoms with Crippen molar-refractivity contribution in [2.75, 3.05) is 26.3 Å². The van der Waals surface area contributed by atoms with E-state index in [0.717, 1.165) is 16.6 Å². The van der Waals surface area contributed by atoms with Gasteiger partial charge < -0.3 is 14.2 Å². The Bertz CT molecular complexity index is 1290. The topological polar surface area (TPSA) is 99.2 Å². The molecule has 0 radical (unpaired) electrons. The summed E-state index contributed by atoms with van der Waals surface area (Å²) in [5, 5.41) is 12.6. The molecule has 1 fully saturated rings. The predicted octanol–water partition coefficient (Wildman–Crippen LogP) is 3.21. The molecule has 0 bridgehead atoms. The van der Waals surface area contributed by atoms with Crippen molar-refractivity contribution in [1.29, 1.82) is 0 Å². The number of aromatic nitrogens is 5. The zero-order chi connectivity index (χ0) is 22.6. The highest BCUT2D eigenvalue weighted by molar-refractivity contribution is 5.80. The molecular formula is C24H24N6O3. The molecule has 0 N–H and O–H groups in total. The number of hydrogen-bond donors (Lipinski definition) is 0. The number of morpholine rings is 1. The van der Waals surface area contributed by atoms with Crippen LogP contribution in [0.15, 0.2) is 47.0 Å². The molecule has 1 aliphatic rings. The molecule has 1 aliphatic heterocycles. The van der Waals surface area contributed by atoms with Crippen LogP contribution in [0.1, 0.15) is 23.4 Å². The minimum atomic E-state index is 0.108. The number of benzene rings is 2. The van der Waals surface area contributed by atoms with Crippen molar-refractivity contribution >= 4 is 29.1 Å². The van der Waals surface area contributed by atoms with E-state index in [0.29, 0.717) is 56.5 Å². The molecule has 33 heavy (non-hydrogen) atoms. The van der Waals surface area contributed by atoms with Crippen molar-refractivity contribution in [1.82, 2.24) is 30.0 Å². The molecule has 0 saturated carbocycles. The average molecular weight is 444 g/mol. The van der Waals surface area contributed by atoms with Crippen molar-refractivity contribution in [2.24, 2.45) is 0 Å². The first-order chi connectivity index (χ1) is 16.2. The summed E-state index contributed by atoms with van der Waals surface area (Å²) in [5.74, 6) is 1.02. The summed E-state index contributed by atoms with van der Waals surface area (Å²) >= 11 is 0. The van der Waals surface area contributed by atoms with Gasteiger partial charge in [0.2, 0.25) is 11.7 Å². The second-order valence-corrected chi connectivity index (χ2v) is 7.96. The smallest absolute Gasteiger partial charge is 0.250 e. The van der Waals surface area contributed by atoms with E-state index in [1.165, 1.54) is 5.56 Å². The molecule has 0 aliphatic carbocycles. The largest absolute Gasteiger partial charge is 0.378 e. The Labute approximate surface area is 190 Å². The van der Waals surface area contributed by atoms with Crippen LogP contribution in [-0.2, 0) is 16.1 Å². The predicted molar refractivity (Wildman–Crippen MR) is 123 cm³/mol. The number of rotatable bonds is 6. The highest BCUT2D eigenvalue weighted by Crippen LogP contribution is 2.22. The third-order valence-electron chi connectivity index (χ3n) is 5.61. The standard InChI is InChI=1S/C24H24N6O3/c1-17-2-4-18(5-3-17)6-9-22-25-24(27-33-22)19-7-8-21-20(16-19)26-28-30(21)11-10-23(31)29-12-14-32-15-13-29/h2-9,16H,10-15H2,1H3/b9-6+. The zero-order valence-corrected chi connectivity index (χ0v) is 18.3. The maximum Gasteiger partial charge on any atom is 0.250 e. The van der Waals surface area contributed by atoms with E-state index in [1.807, 2.05) is 41.3 Å². The van der Waals surface area contributed by atoms with Crippen molar-refractivity contribution in [3.05, 3.63) is 59.5 Å². The molecule has 9 heteroatoms. The van der Waals surface area contributed by atoms with Gasteiger partial charge in [0, 0.05) is 31.1 Å². The van der Waals surface area contributed by atoms with Crippen LogP contribution in [0.3, 0.4) is 0 Å². The molecule has 1 saturated heterocycles. The molecule has 0 atom stereocenters. The first kappa shape index (κ1) is 21.0. The Kier molecular flexibility index (Phi) is 5.95. The van der Waals surface area contributed by atoms with Crippen LogP contribution in [0.25, 0.3) is 34.6 Å². The van der Waals surface area contributed by atoms with Crippen LogP contribution in [-0.4, -0.2) is 62.2 Å². The number of aryl methyl sites for hydroxylation is 2. The second-order valence-electron chi connectivity index (χ2n) is 7.96. The summed E-state index contributed by atoms with van der Waals surface area (Å²) in [6, 6.07) is 13.9. The lowest BCUT2D eigenvalue weighted by Crippen LogP contribution is -2.41. The molecule has 3 heterocycles. The van der Waals surface area contributed by atoms with Gasteiger partial charge in [0.15, 0.2) is 0 Å². The first-order valence-corrected chi connectivity index (χ1v) is 10.9. The lowest BCUT2D eigenvalue weighted by Gasteiger charge is -2.26. The Morgan fingerprint density at radius 2 is 1.91 bits per heavy atom. The van der Waals surface area contributed by atoms with Crippen molar-refractivity contribution in [2.45, 2.75) is 19.9 Å². The molecular weight excluding hydrogens is 420 g/mol. The van der Waals surface area contributed by atoms with E-state index in [2.05, 4.69) is 39.5 Å². The monoisotopic (exact) mass is 444 g/mol. The van der Waals surface area contributed by atoms with E-state index in [-0.39, 0.29) is 5.91 Å². The van der Waals surface area contributed by atoms with Gasteiger partial charge >= 0.3 is 0 Å². The van der Waals surface area contributed by atoms with Gasteiger partial charge in [-0.3, -0.25) is 4.79 Å². The van der Waals surface area contributed by atoms with Crippen LogP contribution in [0.2, 0.25) is 0 Å². The number of carbonyl (C=O) groups is 1. The number of carbonyl (C=O) groups excluding carboxylic acids is 1. The van der Waals surface area contributed by atoms with Gasteiger partial charge in [0.25, 0.3) is 5.89 Å². The van der Waals surface area contributed by atoms with Gasteiger partial charge in [0.05, 0.1) is 25.3 Å². The Hall–Kier alpha value is -3.85. The van der Waals surface area contributed by atoms with Crippen LogP contribution < -0.4 is 0 Å². The van der Waals surface area contributed by atoms with E-state index in [4.69, 9.17) is 9.26 Å². The van der Waals surface area contributed by atoms with Gasteiger partial charge in [-0.1, -0.05) is 40.2 Å². The Balaban J connectivity index is 1.26. The lowest BCUT2D eigenvalue weighted by molar-refractivity contribution is -0.135. The van der Waals surface area contributed by atoms with Gasteiger partial charge in [-0.15, -0.1) is 5.10 Å². The Morgan fingerprint density at radius 1 is 1.09 bits per heavy atom. The quantitative estimate of drug-likeness (QED) is 0.450. The zero-order valence-electron chi connectivity index (χ0n) is 18.3. The number of nitrogens with zero attached hydrogens (tertiary/aromatic N) is 6. The van der Waals surface area contributed by atoms with Gasteiger partial charge in [-0.2, -0.15) is 4.98 Å². The minimum Gasteiger partial charge on any atom is -0.378 e. The molecule has 4 aromatic rings. The number of hydrogen-bond acceptors (Lipinski definition) is 7. The van der Waals surface area contributed by atoms with Crippen molar-refractivity contribution < 1.29 is 14.1 Å². The molecule has 9 nitrogen and oxygen atoms in total. The lowest BCUT2D eigenvalue weighted by atomic mass is 10.1. The SMILES string of the molecule is Cc1ccc(/C=C/c2nc(-c3ccc4c(c3)nnn4CCC(=O)N3CCOCC3)no2)cc1. The second kappa shape index (κ2) is 9.33. The van der Waals surface area contributed by atoms with E-state index in [1.54, 1.807) is 10.8 Å². The molecule has 0 spiro atoms. The minimum absolute atomic E-state index is 0.108. The summed E-state index contributed by atoms with van der Waals surface area (Å²) in [6.45, 7) is 5.02. The first-order valence-electron chi connectivity index (χ1n) is 10.9. The van der Waals surface area contributed by atoms with Crippen molar-refractivity contribution in [3.8, 4) is 11.4 Å². The fourth-order valence-corrected chi connectivity index (χ4v) is 3.71. The van der Waals surface area contributed by atoms with Crippen LogP contribution in [0.5, 0.6) is 0 Å². The summed E-state index contributed by atoms with van der Waals surface area (Å²) in [7, 11) is 0. The highest BCUT2D eigenvalue weighted by Gasteiger charge is 2.17. The summed E-state index contributed by atoms with van der Waals surface area (Å²) < 4.78 is 12.4. The normalized spacial score (nSPS) is 14.4. The van der Waals surface area contributed by atoms with Gasteiger partial charge in [0.1, 0.15) is 5.52 Å². The van der Waals surface area contributed by atoms with E-state index in [9.17, 15) is 4.79 Å². The van der Waals surface area contributed by atoms with Crippen molar-refractivity contribution in [3.63, 3.8) is 0 Å². The number of amides is 1. The van der Waals surface area contributed by atoms with E-state index < -0.39 is 0 Å². The summed E-state index contributed by atoms with van der Waals surface area (Å²) in [4.78, 5) is 18.7. The van der Waals surface area contributed by atoms with Crippen LogP contribution >= 0.6 is 0 Å². The molecule has 1 amide bonds. The third-order valence-corrected chi connectivity index (χ3v) is 5.61. The fraction of sp³-hybridized carbons (Fsp3) is 0.292. The maximum absolute atomic E-state index is 12.4. The van der Waals surface area contributed by atoms with Crippen LogP contribution in [0.4, 0.5) is 0 Å². The van der Waals surface area contributed by atoms with Crippen LogP contribution in [0, 0.1) is 6.92 Å². The third kappa shape index (κ3) is 4.83. The molecule has 2 aromatic heterocycles. The highest BCUT2D eigenvalue weighted by atomic mass is 16.5. The molecule has 168 valence electrons. The molecule has 0 unspecified atom stereocenters. The summed E-state index contributed by atoms with van der Waals surface area (Å²) in [6.07, 6.45) is 4.10. The number of ether oxygens (including phenoxy) is 1.